The van der Waals surface area contributed by atoms with Crippen molar-refractivity contribution in [1.82, 2.24) is 5.43 Å². The summed E-state index contributed by atoms with van der Waals surface area (Å²) in [6.07, 6.45) is 0.338. The van der Waals surface area contributed by atoms with Crippen molar-refractivity contribution in [3.05, 3.63) is 69.8 Å². The standard InChI is InChI=1S/C20H24N2O/c1-13-6-7-15(3)19(10-13)17(5)21-22-20(23)12-18-9-8-14(2)16(4)11-18/h6-11H,12H2,1-5H3,(H,22,23)/b21-17-. The van der Waals surface area contributed by atoms with Crippen LogP contribution in [0, 0.1) is 27.7 Å². The highest BCUT2D eigenvalue weighted by atomic mass is 16.2. The van der Waals surface area contributed by atoms with E-state index in [-0.39, 0.29) is 5.91 Å². The molecule has 1 amide bonds. The summed E-state index contributed by atoms with van der Waals surface area (Å²) >= 11 is 0. The third-order valence-electron chi connectivity index (χ3n) is 4.07. The molecule has 0 saturated heterocycles. The van der Waals surface area contributed by atoms with Crippen molar-refractivity contribution in [2.45, 2.75) is 41.0 Å². The van der Waals surface area contributed by atoms with Crippen molar-refractivity contribution < 1.29 is 4.79 Å². The molecule has 0 atom stereocenters. The highest BCUT2D eigenvalue weighted by Crippen LogP contribution is 2.12. The first-order chi connectivity index (χ1) is 10.9. The lowest BCUT2D eigenvalue weighted by atomic mass is 10.0. The first-order valence-corrected chi connectivity index (χ1v) is 7.83. The molecule has 0 heterocycles. The molecule has 3 nitrogen and oxygen atoms in total. The van der Waals surface area contributed by atoms with Gasteiger partial charge in [-0.1, -0.05) is 35.9 Å². The van der Waals surface area contributed by atoms with E-state index in [1.165, 1.54) is 16.7 Å². The lowest BCUT2D eigenvalue weighted by Crippen LogP contribution is -2.21. The minimum absolute atomic E-state index is 0.0992. The Kier molecular flexibility index (Phi) is 5.32. The molecule has 23 heavy (non-hydrogen) atoms. The van der Waals surface area contributed by atoms with Gasteiger partial charge in [0.05, 0.1) is 12.1 Å². The second kappa shape index (κ2) is 7.23. The van der Waals surface area contributed by atoms with E-state index in [0.29, 0.717) is 6.42 Å². The fraction of sp³-hybridized carbons (Fsp3) is 0.300. The van der Waals surface area contributed by atoms with Crippen LogP contribution in [0.3, 0.4) is 0 Å². The Balaban J connectivity index is 2.05. The smallest absolute Gasteiger partial charge is 0.244 e. The average molecular weight is 308 g/mol. The van der Waals surface area contributed by atoms with Crippen LogP contribution >= 0.6 is 0 Å². The van der Waals surface area contributed by atoms with Crippen molar-refractivity contribution in [2.24, 2.45) is 5.10 Å². The highest BCUT2D eigenvalue weighted by Gasteiger charge is 2.06. The number of rotatable bonds is 4. The third kappa shape index (κ3) is 4.52. The number of amides is 1. The number of hydrogen-bond acceptors (Lipinski definition) is 2. The van der Waals surface area contributed by atoms with Gasteiger partial charge in [0.1, 0.15) is 0 Å². The molecular formula is C20H24N2O. The summed E-state index contributed by atoms with van der Waals surface area (Å²) in [5.41, 5.74) is 10.3. The van der Waals surface area contributed by atoms with E-state index in [2.05, 4.69) is 55.6 Å². The Labute approximate surface area is 138 Å². The number of carbonyl (C=O) groups excluding carboxylic acids is 1. The number of aryl methyl sites for hydroxylation is 4. The topological polar surface area (TPSA) is 41.5 Å². The zero-order valence-electron chi connectivity index (χ0n) is 14.5. The molecule has 2 aromatic carbocycles. The number of carbonyl (C=O) groups is 1. The van der Waals surface area contributed by atoms with Gasteiger partial charge in [0.2, 0.25) is 5.91 Å². The molecule has 2 aromatic rings. The predicted octanol–water partition coefficient (Wildman–Crippen LogP) is 4.00. The maximum atomic E-state index is 12.1. The van der Waals surface area contributed by atoms with Crippen LogP contribution in [0.4, 0.5) is 0 Å². The van der Waals surface area contributed by atoms with Crippen LogP contribution in [0.5, 0.6) is 0 Å². The molecule has 120 valence electrons. The van der Waals surface area contributed by atoms with Gasteiger partial charge < -0.3 is 0 Å². The molecule has 0 unspecified atom stereocenters. The number of hydrazone groups is 1. The van der Waals surface area contributed by atoms with Crippen molar-refractivity contribution in [3.63, 3.8) is 0 Å². The van der Waals surface area contributed by atoms with Gasteiger partial charge >= 0.3 is 0 Å². The normalized spacial score (nSPS) is 11.4. The van der Waals surface area contributed by atoms with Crippen LogP contribution in [0.1, 0.15) is 40.3 Å². The summed E-state index contributed by atoms with van der Waals surface area (Å²) in [5.74, 6) is -0.0992. The molecule has 0 spiro atoms. The van der Waals surface area contributed by atoms with E-state index in [0.717, 1.165) is 22.4 Å². The Morgan fingerprint density at radius 1 is 0.957 bits per heavy atom. The van der Waals surface area contributed by atoms with Crippen LogP contribution in [0.2, 0.25) is 0 Å². The van der Waals surface area contributed by atoms with E-state index in [1.807, 2.05) is 26.0 Å². The van der Waals surface area contributed by atoms with Crippen molar-refractivity contribution in [2.75, 3.05) is 0 Å². The molecular weight excluding hydrogens is 284 g/mol. The Hall–Kier alpha value is -2.42. The van der Waals surface area contributed by atoms with E-state index in [1.54, 1.807) is 0 Å². The van der Waals surface area contributed by atoms with Gasteiger partial charge in [-0.15, -0.1) is 0 Å². The van der Waals surface area contributed by atoms with Crippen LogP contribution < -0.4 is 5.43 Å². The van der Waals surface area contributed by atoms with Gasteiger partial charge in [-0.25, -0.2) is 5.43 Å². The van der Waals surface area contributed by atoms with Gasteiger partial charge in [-0.05, 0) is 62.9 Å². The zero-order chi connectivity index (χ0) is 17.0. The molecule has 3 heteroatoms. The monoisotopic (exact) mass is 308 g/mol. The fourth-order valence-electron chi connectivity index (χ4n) is 2.47. The Bertz CT molecular complexity index is 760. The van der Waals surface area contributed by atoms with Gasteiger partial charge in [0, 0.05) is 5.56 Å². The molecule has 1 N–H and O–H groups in total. The number of nitrogens with zero attached hydrogens (tertiary/aromatic N) is 1. The summed E-state index contributed by atoms with van der Waals surface area (Å²) in [6, 6.07) is 12.3. The minimum atomic E-state index is -0.0992. The molecule has 0 aromatic heterocycles. The molecule has 0 aliphatic heterocycles. The average Bonchev–Trinajstić information content (AvgIpc) is 2.51. The highest BCUT2D eigenvalue weighted by molar-refractivity contribution is 6.00. The summed E-state index contributed by atoms with van der Waals surface area (Å²) in [7, 11) is 0. The second-order valence-electron chi connectivity index (χ2n) is 6.15. The molecule has 0 aliphatic rings. The Morgan fingerprint density at radius 2 is 1.65 bits per heavy atom. The summed E-state index contributed by atoms with van der Waals surface area (Å²) < 4.78 is 0. The number of benzene rings is 2. The number of nitrogens with one attached hydrogen (secondary N) is 1. The van der Waals surface area contributed by atoms with E-state index in [4.69, 9.17) is 0 Å². The van der Waals surface area contributed by atoms with Crippen molar-refractivity contribution in [1.29, 1.82) is 0 Å². The van der Waals surface area contributed by atoms with E-state index < -0.39 is 0 Å². The first-order valence-electron chi connectivity index (χ1n) is 7.83. The van der Waals surface area contributed by atoms with Gasteiger partial charge in [-0.2, -0.15) is 5.10 Å². The van der Waals surface area contributed by atoms with Crippen molar-refractivity contribution >= 4 is 11.6 Å². The van der Waals surface area contributed by atoms with Crippen LogP contribution in [0.25, 0.3) is 0 Å². The molecule has 0 radical (unpaired) electrons. The lowest BCUT2D eigenvalue weighted by molar-refractivity contribution is -0.120. The van der Waals surface area contributed by atoms with E-state index in [9.17, 15) is 4.79 Å². The van der Waals surface area contributed by atoms with E-state index >= 15 is 0 Å². The SMILES string of the molecule is C/C(=N/NC(=O)Cc1ccc(C)c(C)c1)c1cc(C)ccc1C. The fourth-order valence-corrected chi connectivity index (χ4v) is 2.47. The predicted molar refractivity (Wildman–Crippen MR) is 95.9 cm³/mol. The largest absolute Gasteiger partial charge is 0.273 e. The molecule has 2 rings (SSSR count). The quantitative estimate of drug-likeness (QED) is 0.673. The molecule has 0 fully saturated rings. The summed E-state index contributed by atoms with van der Waals surface area (Å²) in [5, 5.41) is 4.25. The molecule has 0 saturated carbocycles. The second-order valence-corrected chi connectivity index (χ2v) is 6.15. The van der Waals surface area contributed by atoms with Gasteiger partial charge in [-0.3, -0.25) is 4.79 Å². The molecule has 0 bridgehead atoms. The van der Waals surface area contributed by atoms with Gasteiger partial charge in [0.25, 0.3) is 0 Å². The zero-order valence-corrected chi connectivity index (χ0v) is 14.5. The summed E-state index contributed by atoms with van der Waals surface area (Å²) in [6.45, 7) is 10.1. The number of hydrogen-bond donors (Lipinski definition) is 1. The third-order valence-corrected chi connectivity index (χ3v) is 4.07. The lowest BCUT2D eigenvalue weighted by Gasteiger charge is -2.08. The van der Waals surface area contributed by atoms with Crippen LogP contribution in [-0.4, -0.2) is 11.6 Å². The van der Waals surface area contributed by atoms with Crippen LogP contribution in [-0.2, 0) is 11.2 Å². The minimum Gasteiger partial charge on any atom is -0.273 e. The maximum absolute atomic E-state index is 12.1. The Morgan fingerprint density at radius 3 is 2.35 bits per heavy atom. The van der Waals surface area contributed by atoms with Crippen LogP contribution in [0.15, 0.2) is 41.5 Å². The maximum Gasteiger partial charge on any atom is 0.244 e. The molecule has 0 aliphatic carbocycles. The van der Waals surface area contributed by atoms with Crippen molar-refractivity contribution in [3.8, 4) is 0 Å². The first kappa shape index (κ1) is 16.9. The van der Waals surface area contributed by atoms with Gasteiger partial charge in [0.15, 0.2) is 0 Å². The summed E-state index contributed by atoms with van der Waals surface area (Å²) in [4.78, 5) is 12.1.